The van der Waals surface area contributed by atoms with Gasteiger partial charge in [-0.15, -0.1) is 11.6 Å². The van der Waals surface area contributed by atoms with Crippen LogP contribution < -0.4 is 0 Å². The molecule has 0 saturated heterocycles. The fraction of sp³-hybridized carbons (Fsp3) is 0.625. The van der Waals surface area contributed by atoms with Crippen LogP contribution in [-0.4, -0.2) is 25.3 Å². The molecule has 1 aromatic rings. The van der Waals surface area contributed by atoms with Gasteiger partial charge in [0.25, 0.3) is 0 Å². The van der Waals surface area contributed by atoms with E-state index in [1.165, 1.54) is 6.39 Å². The third-order valence-electron chi connectivity index (χ3n) is 1.52. The number of methoxy groups -OCH3 is 1. The molecule has 1 rings (SSSR count). The summed E-state index contributed by atoms with van der Waals surface area (Å²) in [4.78, 5) is 3.92. The number of nitrogens with zero attached hydrogens (tertiary/aromatic N) is 1. The van der Waals surface area contributed by atoms with E-state index in [0.717, 1.165) is 5.69 Å². The molecule has 0 N–H and O–H groups in total. The minimum Gasteiger partial charge on any atom is -0.446 e. The summed E-state index contributed by atoms with van der Waals surface area (Å²) in [5.74, 6) is 1.03. The first-order valence-electron chi connectivity index (χ1n) is 3.92. The van der Waals surface area contributed by atoms with Gasteiger partial charge >= 0.3 is 0 Å². The molecular weight excluding hydrogens is 194 g/mol. The van der Waals surface area contributed by atoms with Crippen LogP contribution in [0.15, 0.2) is 10.8 Å². The monoisotopic (exact) mass is 205 g/mol. The molecule has 0 aromatic carbocycles. The van der Waals surface area contributed by atoms with E-state index in [2.05, 4.69) is 4.98 Å². The van der Waals surface area contributed by atoms with Crippen molar-refractivity contribution in [3.8, 4) is 0 Å². The molecule has 0 fully saturated rings. The summed E-state index contributed by atoms with van der Waals surface area (Å²) in [5, 5.41) is 0. The van der Waals surface area contributed by atoms with Crippen LogP contribution in [0, 0.1) is 0 Å². The van der Waals surface area contributed by atoms with Crippen molar-refractivity contribution >= 4 is 11.6 Å². The summed E-state index contributed by atoms with van der Waals surface area (Å²) in [6.45, 7) is 1.51. The fourth-order valence-electron chi connectivity index (χ4n) is 0.827. The molecule has 0 aliphatic rings. The van der Waals surface area contributed by atoms with E-state index in [9.17, 15) is 0 Å². The Morgan fingerprint density at radius 2 is 2.38 bits per heavy atom. The summed E-state index contributed by atoms with van der Waals surface area (Å²) in [7, 11) is 1.63. The lowest BCUT2D eigenvalue weighted by Gasteiger charge is -2.01. The van der Waals surface area contributed by atoms with Gasteiger partial charge in [0.15, 0.2) is 12.2 Å². The highest BCUT2D eigenvalue weighted by atomic mass is 35.5. The SMILES string of the molecule is COCCOCc1ocnc1CCl. The summed E-state index contributed by atoms with van der Waals surface area (Å²) >= 11 is 5.61. The largest absolute Gasteiger partial charge is 0.446 e. The molecule has 0 spiro atoms. The Morgan fingerprint density at radius 3 is 3.08 bits per heavy atom. The van der Waals surface area contributed by atoms with Crippen LogP contribution in [0.2, 0.25) is 0 Å². The second-order valence-corrected chi connectivity index (χ2v) is 2.67. The molecule has 1 aromatic heterocycles. The number of rotatable bonds is 6. The second-order valence-electron chi connectivity index (χ2n) is 2.40. The number of oxazole rings is 1. The van der Waals surface area contributed by atoms with Gasteiger partial charge < -0.3 is 13.9 Å². The Bertz CT molecular complexity index is 239. The fourth-order valence-corrected chi connectivity index (χ4v) is 1.05. The molecule has 5 heteroatoms. The number of ether oxygens (including phenoxy) is 2. The summed E-state index contributed by atoms with van der Waals surface area (Å²) in [5.41, 5.74) is 0.735. The maximum atomic E-state index is 5.61. The van der Waals surface area contributed by atoms with Crippen LogP contribution in [0.4, 0.5) is 0 Å². The standard InChI is InChI=1S/C8H12ClNO3/c1-11-2-3-12-5-8-7(4-9)10-6-13-8/h6H,2-5H2,1H3. The molecule has 0 radical (unpaired) electrons. The molecule has 0 aliphatic heterocycles. The van der Waals surface area contributed by atoms with Crippen LogP contribution in [0.25, 0.3) is 0 Å². The van der Waals surface area contributed by atoms with Gasteiger partial charge in [-0.25, -0.2) is 4.98 Å². The highest BCUT2D eigenvalue weighted by molar-refractivity contribution is 6.16. The van der Waals surface area contributed by atoms with Gasteiger partial charge in [-0.05, 0) is 0 Å². The third-order valence-corrected chi connectivity index (χ3v) is 1.77. The summed E-state index contributed by atoms with van der Waals surface area (Å²) in [6, 6.07) is 0. The Hall–Kier alpha value is -0.580. The average molecular weight is 206 g/mol. The number of alkyl halides is 1. The van der Waals surface area contributed by atoms with Gasteiger partial charge in [-0.3, -0.25) is 0 Å². The van der Waals surface area contributed by atoms with E-state index in [4.69, 9.17) is 25.5 Å². The molecule has 0 aliphatic carbocycles. The number of halogens is 1. The highest BCUT2D eigenvalue weighted by Crippen LogP contribution is 2.10. The van der Waals surface area contributed by atoms with Crippen LogP contribution in [0.3, 0.4) is 0 Å². The van der Waals surface area contributed by atoms with Crippen molar-refractivity contribution in [2.24, 2.45) is 0 Å². The lowest BCUT2D eigenvalue weighted by molar-refractivity contribution is 0.0535. The average Bonchev–Trinajstić information content (AvgIpc) is 2.60. The zero-order chi connectivity index (χ0) is 9.52. The zero-order valence-electron chi connectivity index (χ0n) is 7.46. The van der Waals surface area contributed by atoms with Crippen molar-refractivity contribution in [2.45, 2.75) is 12.5 Å². The number of hydrogen-bond donors (Lipinski definition) is 0. The quantitative estimate of drug-likeness (QED) is 0.523. The van der Waals surface area contributed by atoms with E-state index in [1.54, 1.807) is 7.11 Å². The molecule has 0 atom stereocenters. The smallest absolute Gasteiger partial charge is 0.181 e. The van der Waals surface area contributed by atoms with Gasteiger partial charge in [-0.1, -0.05) is 0 Å². The van der Waals surface area contributed by atoms with Crippen molar-refractivity contribution in [3.05, 3.63) is 17.8 Å². The van der Waals surface area contributed by atoms with Gasteiger partial charge in [0, 0.05) is 7.11 Å². The number of aromatic nitrogens is 1. The van der Waals surface area contributed by atoms with Crippen molar-refractivity contribution in [1.29, 1.82) is 0 Å². The Balaban J connectivity index is 2.27. The van der Waals surface area contributed by atoms with Gasteiger partial charge in [0.1, 0.15) is 6.61 Å². The van der Waals surface area contributed by atoms with Gasteiger partial charge in [0.05, 0.1) is 24.8 Å². The number of hydrogen-bond acceptors (Lipinski definition) is 4. The van der Waals surface area contributed by atoms with Crippen LogP contribution in [0.5, 0.6) is 0 Å². The minimum atomic E-state index is 0.347. The minimum absolute atomic E-state index is 0.347. The predicted molar refractivity (Wildman–Crippen MR) is 47.6 cm³/mol. The van der Waals surface area contributed by atoms with E-state index in [1.807, 2.05) is 0 Å². The van der Waals surface area contributed by atoms with Crippen LogP contribution >= 0.6 is 11.6 Å². The van der Waals surface area contributed by atoms with Crippen molar-refractivity contribution in [1.82, 2.24) is 4.98 Å². The first-order valence-corrected chi connectivity index (χ1v) is 4.45. The predicted octanol–water partition coefficient (Wildman–Crippen LogP) is 1.58. The van der Waals surface area contributed by atoms with Crippen molar-refractivity contribution < 1.29 is 13.9 Å². The first kappa shape index (κ1) is 10.5. The second kappa shape index (κ2) is 5.96. The molecule has 4 nitrogen and oxygen atoms in total. The van der Waals surface area contributed by atoms with Gasteiger partial charge in [-0.2, -0.15) is 0 Å². The lowest BCUT2D eigenvalue weighted by atomic mass is 10.4. The normalized spacial score (nSPS) is 10.6. The molecule has 0 unspecified atom stereocenters. The van der Waals surface area contributed by atoms with Crippen molar-refractivity contribution in [2.75, 3.05) is 20.3 Å². The first-order chi connectivity index (χ1) is 6.38. The van der Waals surface area contributed by atoms with E-state index in [-0.39, 0.29) is 0 Å². The maximum Gasteiger partial charge on any atom is 0.181 e. The molecule has 1 heterocycles. The molecule has 0 bridgehead atoms. The lowest BCUT2D eigenvalue weighted by Crippen LogP contribution is -2.02. The van der Waals surface area contributed by atoms with Crippen molar-refractivity contribution in [3.63, 3.8) is 0 Å². The van der Waals surface area contributed by atoms with Crippen LogP contribution in [-0.2, 0) is 22.0 Å². The van der Waals surface area contributed by atoms with Crippen LogP contribution in [0.1, 0.15) is 11.5 Å². The van der Waals surface area contributed by atoms with E-state index >= 15 is 0 Å². The topological polar surface area (TPSA) is 44.5 Å². The molecule has 13 heavy (non-hydrogen) atoms. The third kappa shape index (κ3) is 3.34. The molecule has 0 amide bonds. The summed E-state index contributed by atoms with van der Waals surface area (Å²) in [6.07, 6.45) is 1.37. The summed E-state index contributed by atoms with van der Waals surface area (Å²) < 4.78 is 15.1. The van der Waals surface area contributed by atoms with E-state index < -0.39 is 0 Å². The maximum absolute atomic E-state index is 5.61. The van der Waals surface area contributed by atoms with E-state index in [0.29, 0.717) is 31.5 Å². The molecule has 74 valence electrons. The highest BCUT2D eigenvalue weighted by Gasteiger charge is 2.06. The Morgan fingerprint density at radius 1 is 1.54 bits per heavy atom. The Labute approximate surface area is 81.8 Å². The Kier molecular flexibility index (Phi) is 4.82. The molecule has 0 saturated carbocycles. The zero-order valence-corrected chi connectivity index (χ0v) is 8.21. The van der Waals surface area contributed by atoms with Gasteiger partial charge in [0.2, 0.25) is 0 Å². The molecular formula is C8H12ClNO3.